The van der Waals surface area contributed by atoms with Crippen molar-refractivity contribution in [3.8, 4) is 0 Å². The van der Waals surface area contributed by atoms with Crippen LogP contribution in [0.3, 0.4) is 0 Å². The minimum Gasteiger partial charge on any atom is -0.409 e. The molecule has 0 spiro atoms. The maximum Gasteiger partial charge on any atom is 0.176 e. The first-order chi connectivity index (χ1) is 9.06. The van der Waals surface area contributed by atoms with E-state index in [-0.39, 0.29) is 5.84 Å². The van der Waals surface area contributed by atoms with Crippen LogP contribution in [0, 0.1) is 6.92 Å². The summed E-state index contributed by atoms with van der Waals surface area (Å²) in [6.07, 6.45) is 0.800. The molecule has 0 bridgehead atoms. The summed E-state index contributed by atoms with van der Waals surface area (Å²) in [4.78, 5) is 4.39. The molecule has 0 aliphatic heterocycles. The van der Waals surface area contributed by atoms with Gasteiger partial charge in [0.1, 0.15) is 10.9 Å². The first-order valence-corrected chi connectivity index (χ1v) is 7.17. The Kier molecular flexibility index (Phi) is 4.05. The fraction of sp³-hybridized carbons (Fsp3) is 0.400. The number of nitrogens with two attached hydrogens (primary N) is 1. The lowest BCUT2D eigenvalue weighted by Crippen LogP contribution is -2.14. The Morgan fingerprint density at radius 1 is 1.58 bits per heavy atom. The van der Waals surface area contributed by atoms with Gasteiger partial charge in [0.15, 0.2) is 10.2 Å². The molecule has 0 saturated carbocycles. The summed E-state index contributed by atoms with van der Waals surface area (Å²) in [5.74, 6) is 0.866. The molecule has 0 aliphatic rings. The third-order valence-corrected chi connectivity index (χ3v) is 4.43. The van der Waals surface area contributed by atoms with E-state index in [1.165, 1.54) is 23.3 Å². The smallest absolute Gasteiger partial charge is 0.176 e. The molecule has 0 atom stereocenters. The van der Waals surface area contributed by atoms with E-state index < -0.39 is 0 Å². The van der Waals surface area contributed by atoms with Gasteiger partial charge in [0.05, 0.1) is 11.3 Å². The number of oxime groups is 1. The Balaban J connectivity index is 2.39. The molecule has 2 aromatic rings. The Morgan fingerprint density at radius 3 is 2.89 bits per heavy atom. The molecule has 0 aliphatic carbocycles. The third kappa shape index (κ3) is 2.71. The second kappa shape index (κ2) is 5.57. The quantitative estimate of drug-likeness (QED) is 0.383. The van der Waals surface area contributed by atoms with Crippen LogP contribution in [0.2, 0.25) is 0 Å². The van der Waals surface area contributed by atoms with Crippen LogP contribution in [0.4, 0.5) is 0 Å². The van der Waals surface area contributed by atoms with Gasteiger partial charge in [-0.15, -0.1) is 0 Å². The summed E-state index contributed by atoms with van der Waals surface area (Å²) in [6.45, 7) is 3.82. The molecule has 2 aromatic heterocycles. The first-order valence-electron chi connectivity index (χ1n) is 5.58. The molecule has 0 fully saturated rings. The Hall–Kier alpha value is -1.61. The highest BCUT2D eigenvalue weighted by molar-refractivity contribution is 8.01. The van der Waals surface area contributed by atoms with E-state index in [2.05, 4.69) is 19.6 Å². The summed E-state index contributed by atoms with van der Waals surface area (Å²) in [6, 6.07) is 0. The highest BCUT2D eigenvalue weighted by Gasteiger charge is 2.19. The molecule has 3 N–H and O–H groups in total. The number of rotatable bonds is 4. The molecule has 0 unspecified atom stereocenters. The molecular weight excluding hydrogens is 284 g/mol. The maximum absolute atomic E-state index is 8.85. The van der Waals surface area contributed by atoms with Crippen LogP contribution in [-0.4, -0.2) is 30.2 Å². The molecule has 0 amide bonds. The summed E-state index contributed by atoms with van der Waals surface area (Å²) in [5.41, 5.74) is 7.03. The van der Waals surface area contributed by atoms with Gasteiger partial charge in [-0.1, -0.05) is 12.1 Å². The molecule has 0 aromatic carbocycles. The first kappa shape index (κ1) is 13.8. The van der Waals surface area contributed by atoms with Crippen molar-refractivity contribution in [3.63, 3.8) is 0 Å². The number of hydrogen-bond donors (Lipinski definition) is 2. The topological polar surface area (TPSA) is 102 Å². The Bertz CT molecular complexity index is 618. The van der Waals surface area contributed by atoms with E-state index in [1.807, 2.05) is 20.9 Å². The molecule has 102 valence electrons. The molecule has 0 saturated heterocycles. The van der Waals surface area contributed by atoms with Gasteiger partial charge < -0.3 is 10.9 Å². The van der Waals surface area contributed by atoms with E-state index >= 15 is 0 Å². The summed E-state index contributed by atoms with van der Waals surface area (Å²) >= 11 is 2.75. The number of amidine groups is 1. The lowest BCUT2D eigenvalue weighted by molar-refractivity contribution is 0.318. The van der Waals surface area contributed by atoms with E-state index in [0.29, 0.717) is 11.3 Å². The van der Waals surface area contributed by atoms with E-state index in [4.69, 9.17) is 10.9 Å². The van der Waals surface area contributed by atoms with Gasteiger partial charge in [-0.3, -0.25) is 4.68 Å². The van der Waals surface area contributed by atoms with Crippen molar-refractivity contribution in [2.75, 3.05) is 0 Å². The normalized spacial score (nSPS) is 12.1. The largest absolute Gasteiger partial charge is 0.409 e. The summed E-state index contributed by atoms with van der Waals surface area (Å²) < 4.78 is 6.74. The molecular formula is C10H14N6OS2. The standard InChI is InChI=1S/C10H14N6OS2/c1-4-6-12-10(19-15-6)18-9-7(8(11)14-17)5(2)13-16(9)3/h17H,4H2,1-3H3,(H2,11,14). The van der Waals surface area contributed by atoms with Crippen LogP contribution < -0.4 is 5.73 Å². The van der Waals surface area contributed by atoms with Gasteiger partial charge in [0.2, 0.25) is 0 Å². The van der Waals surface area contributed by atoms with Gasteiger partial charge in [-0.05, 0) is 30.2 Å². The lowest BCUT2D eigenvalue weighted by atomic mass is 10.2. The van der Waals surface area contributed by atoms with Crippen LogP contribution >= 0.6 is 23.3 Å². The fourth-order valence-electron chi connectivity index (χ4n) is 1.60. The predicted molar refractivity (Wildman–Crippen MR) is 73.9 cm³/mol. The van der Waals surface area contributed by atoms with Crippen LogP contribution in [0.25, 0.3) is 0 Å². The number of aromatic nitrogens is 4. The van der Waals surface area contributed by atoms with Crippen molar-refractivity contribution in [2.24, 2.45) is 17.9 Å². The van der Waals surface area contributed by atoms with Crippen molar-refractivity contribution >= 4 is 29.1 Å². The van der Waals surface area contributed by atoms with Gasteiger partial charge in [-0.25, -0.2) is 4.98 Å². The Labute approximate surface area is 118 Å². The molecule has 7 nitrogen and oxygen atoms in total. The highest BCUT2D eigenvalue weighted by Crippen LogP contribution is 2.32. The van der Waals surface area contributed by atoms with Crippen molar-refractivity contribution < 1.29 is 5.21 Å². The molecule has 19 heavy (non-hydrogen) atoms. The van der Waals surface area contributed by atoms with E-state index in [1.54, 1.807) is 4.68 Å². The Morgan fingerprint density at radius 2 is 2.32 bits per heavy atom. The van der Waals surface area contributed by atoms with Gasteiger partial charge in [0, 0.05) is 13.5 Å². The minimum absolute atomic E-state index is 0.0494. The maximum atomic E-state index is 8.85. The molecule has 0 radical (unpaired) electrons. The average molecular weight is 298 g/mol. The number of nitrogens with zero attached hydrogens (tertiary/aromatic N) is 5. The van der Waals surface area contributed by atoms with E-state index in [0.717, 1.165) is 21.6 Å². The predicted octanol–water partition coefficient (Wildman–Crippen LogP) is 1.39. The number of aryl methyl sites for hydroxylation is 3. The minimum atomic E-state index is 0.0494. The zero-order valence-electron chi connectivity index (χ0n) is 10.8. The monoisotopic (exact) mass is 298 g/mol. The average Bonchev–Trinajstić information content (AvgIpc) is 2.95. The molecule has 2 heterocycles. The van der Waals surface area contributed by atoms with Crippen molar-refractivity contribution in [1.82, 2.24) is 19.1 Å². The van der Waals surface area contributed by atoms with Crippen molar-refractivity contribution in [1.29, 1.82) is 0 Å². The lowest BCUT2D eigenvalue weighted by Gasteiger charge is -2.02. The zero-order valence-corrected chi connectivity index (χ0v) is 12.4. The van der Waals surface area contributed by atoms with Gasteiger partial charge in [-0.2, -0.15) is 9.47 Å². The third-order valence-electron chi connectivity index (χ3n) is 2.48. The van der Waals surface area contributed by atoms with Crippen molar-refractivity contribution in [2.45, 2.75) is 29.6 Å². The second-order valence-electron chi connectivity index (χ2n) is 3.81. The molecule has 2 rings (SSSR count). The summed E-state index contributed by atoms with van der Waals surface area (Å²) in [5, 5.41) is 17.0. The van der Waals surface area contributed by atoms with Crippen LogP contribution in [0.1, 0.15) is 24.0 Å². The van der Waals surface area contributed by atoms with Crippen LogP contribution in [0.5, 0.6) is 0 Å². The highest BCUT2D eigenvalue weighted by atomic mass is 32.2. The SMILES string of the molecule is CCc1nsc(Sc2c(C(N)=NO)c(C)nn2C)n1. The summed E-state index contributed by atoms with van der Waals surface area (Å²) in [7, 11) is 1.81. The van der Waals surface area contributed by atoms with E-state index in [9.17, 15) is 0 Å². The fourth-order valence-corrected chi connectivity index (χ4v) is 3.45. The van der Waals surface area contributed by atoms with Crippen LogP contribution in [-0.2, 0) is 13.5 Å². The van der Waals surface area contributed by atoms with Gasteiger partial charge >= 0.3 is 0 Å². The zero-order chi connectivity index (χ0) is 14.0. The number of hydrogen-bond acceptors (Lipinski definition) is 7. The van der Waals surface area contributed by atoms with Crippen LogP contribution in [0.15, 0.2) is 14.5 Å². The second-order valence-corrected chi connectivity index (χ2v) is 5.79. The van der Waals surface area contributed by atoms with Gasteiger partial charge in [0.25, 0.3) is 0 Å². The van der Waals surface area contributed by atoms with Crippen molar-refractivity contribution in [3.05, 3.63) is 17.1 Å². The molecule has 9 heteroatoms.